The number of halogens is 3. The van der Waals surface area contributed by atoms with Crippen molar-refractivity contribution in [1.29, 1.82) is 0 Å². The first-order chi connectivity index (χ1) is 14.1. The minimum atomic E-state index is -0.383. The zero-order valence-corrected chi connectivity index (χ0v) is 18.2. The van der Waals surface area contributed by atoms with Crippen LogP contribution in [0.15, 0.2) is 18.2 Å². The van der Waals surface area contributed by atoms with Gasteiger partial charge in [-0.1, -0.05) is 37.0 Å². The number of aryl methyl sites for hydroxylation is 2. The predicted molar refractivity (Wildman–Crippen MR) is 115 cm³/mol. The van der Waals surface area contributed by atoms with Gasteiger partial charge in [-0.2, -0.15) is 0 Å². The monoisotopic (exact) mass is 441 g/mol. The molecule has 0 saturated carbocycles. The average molecular weight is 442 g/mol. The van der Waals surface area contributed by atoms with E-state index in [9.17, 15) is 4.39 Å². The van der Waals surface area contributed by atoms with Crippen molar-refractivity contribution in [3.8, 4) is 11.3 Å². The van der Waals surface area contributed by atoms with E-state index in [4.69, 9.17) is 42.6 Å². The lowest BCUT2D eigenvalue weighted by Gasteiger charge is -2.22. The van der Waals surface area contributed by atoms with Crippen molar-refractivity contribution in [2.75, 3.05) is 31.8 Å². The molecule has 1 aromatic carbocycles. The SMILES string of the molecule is CCc1nc(-c2ccc(Cl)cc2Cl)c(CC)nc1NC1COCC1OCCCF. The molecule has 1 saturated heterocycles. The smallest absolute Gasteiger partial charge is 0.148 e. The number of aromatic nitrogens is 2. The van der Waals surface area contributed by atoms with Gasteiger partial charge in [-0.15, -0.1) is 0 Å². The number of nitrogens with zero attached hydrogens (tertiary/aromatic N) is 2. The Morgan fingerprint density at radius 2 is 1.97 bits per heavy atom. The van der Waals surface area contributed by atoms with Crippen molar-refractivity contribution in [1.82, 2.24) is 9.97 Å². The summed E-state index contributed by atoms with van der Waals surface area (Å²) in [7, 11) is 0. The lowest BCUT2D eigenvalue weighted by molar-refractivity contribution is 0.0361. The van der Waals surface area contributed by atoms with Crippen molar-refractivity contribution < 1.29 is 13.9 Å². The molecule has 3 rings (SSSR count). The van der Waals surface area contributed by atoms with Gasteiger partial charge in [0.25, 0.3) is 0 Å². The van der Waals surface area contributed by atoms with Gasteiger partial charge >= 0.3 is 0 Å². The zero-order chi connectivity index (χ0) is 20.8. The van der Waals surface area contributed by atoms with Crippen LogP contribution in [0.1, 0.15) is 31.7 Å². The van der Waals surface area contributed by atoms with E-state index in [2.05, 4.69) is 5.32 Å². The van der Waals surface area contributed by atoms with Crippen LogP contribution in [0.4, 0.5) is 10.2 Å². The van der Waals surface area contributed by atoms with E-state index in [1.807, 2.05) is 19.9 Å². The number of benzene rings is 1. The third-order valence-electron chi connectivity index (χ3n) is 4.86. The van der Waals surface area contributed by atoms with Crippen molar-refractivity contribution in [3.05, 3.63) is 39.6 Å². The van der Waals surface area contributed by atoms with E-state index in [0.29, 0.717) is 49.1 Å². The summed E-state index contributed by atoms with van der Waals surface area (Å²) in [4.78, 5) is 9.74. The second kappa shape index (κ2) is 10.5. The minimum absolute atomic E-state index is 0.0520. The van der Waals surface area contributed by atoms with Crippen LogP contribution < -0.4 is 5.32 Å². The first-order valence-electron chi connectivity index (χ1n) is 9.94. The maximum Gasteiger partial charge on any atom is 0.148 e. The Morgan fingerprint density at radius 3 is 2.66 bits per heavy atom. The van der Waals surface area contributed by atoms with Crippen LogP contribution in [-0.4, -0.2) is 48.6 Å². The van der Waals surface area contributed by atoms with Crippen LogP contribution in [0.25, 0.3) is 11.3 Å². The number of anilines is 1. The van der Waals surface area contributed by atoms with Crippen LogP contribution in [0, 0.1) is 0 Å². The van der Waals surface area contributed by atoms with Gasteiger partial charge in [-0.05, 0) is 37.5 Å². The molecule has 0 radical (unpaired) electrons. The number of hydrogen-bond donors (Lipinski definition) is 1. The predicted octanol–water partition coefficient (Wildman–Crippen LogP) is 5.13. The molecule has 1 aliphatic heterocycles. The summed E-state index contributed by atoms with van der Waals surface area (Å²) in [5.74, 6) is 0.729. The third-order valence-corrected chi connectivity index (χ3v) is 5.40. The number of ether oxygens (including phenoxy) is 2. The summed E-state index contributed by atoms with van der Waals surface area (Å²) in [5, 5.41) is 4.58. The van der Waals surface area contributed by atoms with Gasteiger partial charge in [0.15, 0.2) is 0 Å². The van der Waals surface area contributed by atoms with Crippen LogP contribution in [-0.2, 0) is 22.3 Å². The largest absolute Gasteiger partial charge is 0.376 e. The second-order valence-electron chi connectivity index (χ2n) is 6.89. The fourth-order valence-electron chi connectivity index (χ4n) is 3.31. The first kappa shape index (κ1) is 22.2. The molecule has 0 spiro atoms. The highest BCUT2D eigenvalue weighted by atomic mass is 35.5. The van der Waals surface area contributed by atoms with E-state index >= 15 is 0 Å². The molecule has 1 N–H and O–H groups in total. The quantitative estimate of drug-likeness (QED) is 0.546. The van der Waals surface area contributed by atoms with E-state index in [1.165, 1.54) is 0 Å². The third kappa shape index (κ3) is 5.37. The summed E-state index contributed by atoms with van der Waals surface area (Å²) < 4.78 is 23.7. The molecule has 2 aromatic rings. The molecule has 0 bridgehead atoms. The molecule has 8 heteroatoms. The van der Waals surface area contributed by atoms with Gasteiger partial charge in [0.05, 0.1) is 48.0 Å². The van der Waals surface area contributed by atoms with Crippen LogP contribution in [0.5, 0.6) is 0 Å². The Morgan fingerprint density at radius 1 is 1.17 bits per heavy atom. The van der Waals surface area contributed by atoms with Gasteiger partial charge in [0.1, 0.15) is 11.9 Å². The fourth-order valence-corrected chi connectivity index (χ4v) is 3.81. The molecular formula is C21H26Cl2FN3O2. The van der Waals surface area contributed by atoms with Crippen LogP contribution >= 0.6 is 23.2 Å². The molecule has 29 heavy (non-hydrogen) atoms. The number of hydrogen-bond acceptors (Lipinski definition) is 5. The summed E-state index contributed by atoms with van der Waals surface area (Å²) in [5.41, 5.74) is 3.29. The lowest BCUT2D eigenvalue weighted by Crippen LogP contribution is -2.35. The van der Waals surface area contributed by atoms with Gasteiger partial charge in [0, 0.05) is 17.2 Å². The number of rotatable bonds is 9. The molecule has 0 aliphatic carbocycles. The Bertz CT molecular complexity index is 838. The van der Waals surface area contributed by atoms with Crippen molar-refractivity contribution in [2.24, 2.45) is 0 Å². The van der Waals surface area contributed by atoms with Gasteiger partial charge in [-0.3, -0.25) is 4.39 Å². The Labute approximate surface area is 180 Å². The lowest BCUT2D eigenvalue weighted by atomic mass is 10.1. The van der Waals surface area contributed by atoms with E-state index in [0.717, 1.165) is 28.5 Å². The highest BCUT2D eigenvalue weighted by Gasteiger charge is 2.30. The van der Waals surface area contributed by atoms with Crippen molar-refractivity contribution in [3.63, 3.8) is 0 Å². The number of nitrogens with one attached hydrogen (secondary N) is 1. The van der Waals surface area contributed by atoms with E-state index in [1.54, 1.807) is 12.1 Å². The standard InChI is InChI=1S/C21H26Cl2FN3O2/c1-3-16-20(14-7-6-13(22)10-15(14)23)25-17(4-2)21(26-16)27-18-11-28-12-19(18)29-9-5-8-24/h6-7,10,18-19H,3-5,8-9,11-12H2,1-2H3,(H,26,27). The van der Waals surface area contributed by atoms with E-state index < -0.39 is 0 Å². The molecular weight excluding hydrogens is 416 g/mol. The van der Waals surface area contributed by atoms with E-state index in [-0.39, 0.29) is 18.8 Å². The molecule has 158 valence electrons. The highest BCUT2D eigenvalue weighted by Crippen LogP contribution is 2.32. The summed E-state index contributed by atoms with van der Waals surface area (Å²) >= 11 is 12.5. The highest BCUT2D eigenvalue weighted by molar-refractivity contribution is 6.36. The maximum atomic E-state index is 12.4. The number of alkyl halides is 1. The maximum absolute atomic E-state index is 12.4. The van der Waals surface area contributed by atoms with Gasteiger partial charge in [0.2, 0.25) is 0 Å². The Hall–Kier alpha value is -1.47. The second-order valence-corrected chi connectivity index (χ2v) is 7.73. The molecule has 2 heterocycles. The molecule has 1 aliphatic rings. The first-order valence-corrected chi connectivity index (χ1v) is 10.7. The van der Waals surface area contributed by atoms with Crippen molar-refractivity contribution in [2.45, 2.75) is 45.3 Å². The van der Waals surface area contributed by atoms with Gasteiger partial charge in [-0.25, -0.2) is 9.97 Å². The Kier molecular flexibility index (Phi) is 8.07. The normalized spacial score (nSPS) is 18.9. The molecule has 2 atom stereocenters. The Balaban J connectivity index is 1.88. The zero-order valence-electron chi connectivity index (χ0n) is 16.7. The minimum Gasteiger partial charge on any atom is -0.376 e. The van der Waals surface area contributed by atoms with Crippen molar-refractivity contribution >= 4 is 29.0 Å². The molecule has 1 aromatic heterocycles. The fraction of sp³-hybridized carbons (Fsp3) is 0.524. The molecule has 1 fully saturated rings. The van der Waals surface area contributed by atoms with Gasteiger partial charge < -0.3 is 14.8 Å². The topological polar surface area (TPSA) is 56.3 Å². The van der Waals surface area contributed by atoms with Crippen LogP contribution in [0.2, 0.25) is 10.0 Å². The molecule has 2 unspecified atom stereocenters. The summed E-state index contributed by atoms with van der Waals surface area (Å²) in [6.07, 6.45) is 1.67. The average Bonchev–Trinajstić information content (AvgIpc) is 3.15. The van der Waals surface area contributed by atoms with Crippen LogP contribution in [0.3, 0.4) is 0 Å². The summed E-state index contributed by atoms with van der Waals surface area (Å²) in [6.45, 7) is 5.06. The molecule has 5 nitrogen and oxygen atoms in total. The molecule has 0 amide bonds. The summed E-state index contributed by atoms with van der Waals surface area (Å²) in [6, 6.07) is 5.34.